The highest BCUT2D eigenvalue weighted by Crippen LogP contribution is 2.30. The van der Waals surface area contributed by atoms with Gasteiger partial charge in [0.05, 0.1) is 0 Å². The van der Waals surface area contributed by atoms with Gasteiger partial charge in [0.15, 0.2) is 0 Å². The summed E-state index contributed by atoms with van der Waals surface area (Å²) in [6.07, 6.45) is 1.89. The van der Waals surface area contributed by atoms with E-state index in [0.717, 1.165) is 21.5 Å². The largest absolute Gasteiger partial charge is 0.360 e. The average Bonchev–Trinajstić information content (AvgIpc) is 3.23. The Kier molecular flexibility index (Phi) is 3.59. The first-order valence-corrected chi connectivity index (χ1v) is 8.17. The molecule has 0 saturated heterocycles. The maximum Gasteiger partial charge on any atom is 0.275 e. The molecule has 2 N–H and O–H groups in total. The third kappa shape index (κ3) is 2.68. The molecule has 6 heteroatoms. The van der Waals surface area contributed by atoms with Crippen LogP contribution in [0.15, 0.2) is 60.1 Å². The van der Waals surface area contributed by atoms with E-state index in [-0.39, 0.29) is 11.7 Å². The Balaban J connectivity index is 1.60. The normalized spacial score (nSPS) is 10.9. The molecule has 2 aromatic heterocycles. The third-order valence-corrected chi connectivity index (χ3v) is 4.53. The van der Waals surface area contributed by atoms with Gasteiger partial charge in [0.25, 0.3) is 5.91 Å². The van der Waals surface area contributed by atoms with Gasteiger partial charge in [-0.25, -0.2) is 9.37 Å². The van der Waals surface area contributed by atoms with Crippen LogP contribution in [-0.2, 0) is 0 Å². The number of nitrogens with zero attached hydrogens (tertiary/aromatic N) is 1. The Bertz CT molecular complexity index is 1020. The zero-order valence-corrected chi connectivity index (χ0v) is 13.2. The number of aromatic amines is 1. The van der Waals surface area contributed by atoms with Crippen molar-refractivity contribution >= 4 is 33.8 Å². The fourth-order valence-corrected chi connectivity index (χ4v) is 3.31. The fourth-order valence-electron chi connectivity index (χ4n) is 2.48. The van der Waals surface area contributed by atoms with Gasteiger partial charge in [-0.3, -0.25) is 4.79 Å². The number of benzene rings is 2. The van der Waals surface area contributed by atoms with Crippen LogP contribution in [0.3, 0.4) is 0 Å². The summed E-state index contributed by atoms with van der Waals surface area (Å²) >= 11 is 1.41. The Hall–Kier alpha value is -2.99. The number of rotatable bonds is 3. The molecule has 1 amide bonds. The molecule has 4 rings (SSSR count). The zero-order chi connectivity index (χ0) is 16.5. The number of carbonyl (C=O) groups is 1. The van der Waals surface area contributed by atoms with E-state index in [1.54, 1.807) is 5.38 Å². The van der Waals surface area contributed by atoms with Gasteiger partial charge in [-0.1, -0.05) is 18.2 Å². The van der Waals surface area contributed by atoms with Crippen LogP contribution < -0.4 is 5.32 Å². The van der Waals surface area contributed by atoms with Gasteiger partial charge in [-0.15, -0.1) is 11.3 Å². The molecule has 4 nitrogen and oxygen atoms in total. The van der Waals surface area contributed by atoms with Crippen LogP contribution in [0.5, 0.6) is 0 Å². The third-order valence-electron chi connectivity index (χ3n) is 3.66. The van der Waals surface area contributed by atoms with E-state index >= 15 is 0 Å². The molecule has 0 spiro atoms. The van der Waals surface area contributed by atoms with Crippen LogP contribution in [0.4, 0.5) is 10.1 Å². The molecule has 0 aliphatic carbocycles. The molecule has 0 fully saturated rings. The van der Waals surface area contributed by atoms with Gasteiger partial charge in [0, 0.05) is 33.7 Å². The smallest absolute Gasteiger partial charge is 0.275 e. The molecule has 0 saturated carbocycles. The SMILES string of the molecule is O=C(Nc1ccc(F)cc1)c1csc(-c2c[nH]c3ccccc23)n1. The Morgan fingerprint density at radius 1 is 1.12 bits per heavy atom. The van der Waals surface area contributed by atoms with Crippen LogP contribution in [0, 0.1) is 5.82 Å². The molecule has 24 heavy (non-hydrogen) atoms. The monoisotopic (exact) mass is 337 g/mol. The molecule has 0 unspecified atom stereocenters. The van der Waals surface area contributed by atoms with Crippen molar-refractivity contribution < 1.29 is 9.18 Å². The van der Waals surface area contributed by atoms with Crippen LogP contribution in [0.1, 0.15) is 10.5 Å². The summed E-state index contributed by atoms with van der Waals surface area (Å²) in [5.74, 6) is -0.660. The quantitative estimate of drug-likeness (QED) is 0.570. The van der Waals surface area contributed by atoms with Crippen molar-refractivity contribution in [2.45, 2.75) is 0 Å². The van der Waals surface area contributed by atoms with Gasteiger partial charge < -0.3 is 10.3 Å². The van der Waals surface area contributed by atoms with E-state index in [4.69, 9.17) is 0 Å². The number of nitrogens with one attached hydrogen (secondary N) is 2. The first-order chi connectivity index (χ1) is 11.7. The van der Waals surface area contributed by atoms with Gasteiger partial charge in [-0.05, 0) is 30.3 Å². The van der Waals surface area contributed by atoms with Crippen molar-refractivity contribution in [3.05, 3.63) is 71.6 Å². The number of amides is 1. The lowest BCUT2D eigenvalue weighted by atomic mass is 10.2. The highest BCUT2D eigenvalue weighted by atomic mass is 32.1. The molecule has 0 bridgehead atoms. The molecule has 0 atom stereocenters. The van der Waals surface area contributed by atoms with Crippen molar-refractivity contribution in [3.63, 3.8) is 0 Å². The molecular weight excluding hydrogens is 325 g/mol. The number of para-hydroxylation sites is 1. The molecule has 0 radical (unpaired) electrons. The maximum atomic E-state index is 12.9. The Morgan fingerprint density at radius 3 is 2.75 bits per heavy atom. The second-order valence-corrected chi connectivity index (χ2v) is 6.10. The van der Waals surface area contributed by atoms with Crippen LogP contribution in [0.2, 0.25) is 0 Å². The Morgan fingerprint density at radius 2 is 1.92 bits per heavy atom. The number of hydrogen-bond acceptors (Lipinski definition) is 3. The average molecular weight is 337 g/mol. The summed E-state index contributed by atoms with van der Waals surface area (Å²) < 4.78 is 12.9. The summed E-state index contributed by atoms with van der Waals surface area (Å²) in [4.78, 5) is 19.9. The van der Waals surface area contributed by atoms with E-state index in [1.807, 2.05) is 30.5 Å². The van der Waals surface area contributed by atoms with Crippen LogP contribution in [-0.4, -0.2) is 15.9 Å². The van der Waals surface area contributed by atoms with Crippen molar-refractivity contribution in [2.24, 2.45) is 0 Å². The molecule has 118 valence electrons. The van der Waals surface area contributed by atoms with Gasteiger partial charge in [0.2, 0.25) is 0 Å². The summed E-state index contributed by atoms with van der Waals surface area (Å²) in [6, 6.07) is 13.6. The Labute approximate surface area is 141 Å². The van der Waals surface area contributed by atoms with Crippen LogP contribution in [0.25, 0.3) is 21.5 Å². The van der Waals surface area contributed by atoms with Crippen molar-refractivity contribution in [1.29, 1.82) is 0 Å². The number of anilines is 1. The molecule has 0 aliphatic heterocycles. The number of aromatic nitrogens is 2. The number of fused-ring (bicyclic) bond motifs is 1. The summed E-state index contributed by atoms with van der Waals surface area (Å²) in [7, 11) is 0. The fraction of sp³-hybridized carbons (Fsp3) is 0. The van der Waals surface area contributed by atoms with Crippen molar-refractivity contribution in [3.8, 4) is 10.6 Å². The lowest BCUT2D eigenvalue weighted by Gasteiger charge is -2.02. The van der Waals surface area contributed by atoms with E-state index in [1.165, 1.54) is 35.6 Å². The number of carbonyl (C=O) groups excluding carboxylic acids is 1. The minimum Gasteiger partial charge on any atom is -0.360 e. The summed E-state index contributed by atoms with van der Waals surface area (Å²) in [5.41, 5.74) is 2.86. The minimum absolute atomic E-state index is 0.316. The molecule has 0 aliphatic rings. The maximum absolute atomic E-state index is 12.9. The van der Waals surface area contributed by atoms with Crippen molar-refractivity contribution in [1.82, 2.24) is 9.97 Å². The number of H-pyrrole nitrogens is 1. The van der Waals surface area contributed by atoms with Gasteiger partial charge in [-0.2, -0.15) is 0 Å². The second-order valence-electron chi connectivity index (χ2n) is 5.25. The van der Waals surface area contributed by atoms with Gasteiger partial charge in [0.1, 0.15) is 16.5 Å². The molecular formula is C18H12FN3OS. The molecule has 2 aromatic carbocycles. The van der Waals surface area contributed by atoms with Gasteiger partial charge >= 0.3 is 0 Å². The lowest BCUT2D eigenvalue weighted by Crippen LogP contribution is -2.12. The van der Waals surface area contributed by atoms with Crippen LogP contribution >= 0.6 is 11.3 Å². The molecule has 4 aromatic rings. The first kappa shape index (κ1) is 14.6. The van der Waals surface area contributed by atoms with E-state index in [0.29, 0.717) is 11.4 Å². The summed E-state index contributed by atoms with van der Waals surface area (Å²) in [6.45, 7) is 0. The van der Waals surface area contributed by atoms with E-state index < -0.39 is 0 Å². The van der Waals surface area contributed by atoms with E-state index in [2.05, 4.69) is 15.3 Å². The predicted molar refractivity (Wildman–Crippen MR) is 93.8 cm³/mol. The topological polar surface area (TPSA) is 57.8 Å². The zero-order valence-electron chi connectivity index (χ0n) is 12.4. The van der Waals surface area contributed by atoms with E-state index in [9.17, 15) is 9.18 Å². The first-order valence-electron chi connectivity index (χ1n) is 7.29. The number of hydrogen-bond donors (Lipinski definition) is 2. The highest BCUT2D eigenvalue weighted by molar-refractivity contribution is 7.13. The molecule has 2 heterocycles. The standard InChI is InChI=1S/C18H12FN3OS/c19-11-5-7-12(8-6-11)21-17(23)16-10-24-18(22-16)14-9-20-15-4-2-1-3-13(14)15/h1-10,20H,(H,21,23). The predicted octanol–water partition coefficient (Wildman–Crippen LogP) is 4.68. The second kappa shape index (κ2) is 5.90. The number of halogens is 1. The highest BCUT2D eigenvalue weighted by Gasteiger charge is 2.14. The number of thiazole rings is 1. The minimum atomic E-state index is -0.344. The van der Waals surface area contributed by atoms with Crippen molar-refractivity contribution in [2.75, 3.05) is 5.32 Å². The summed E-state index contributed by atoms with van der Waals surface area (Å²) in [5, 5.41) is 6.27. The lowest BCUT2D eigenvalue weighted by molar-refractivity contribution is 0.102.